The van der Waals surface area contributed by atoms with Crippen molar-refractivity contribution in [2.45, 2.75) is 19.8 Å². The molecule has 2 aromatic carbocycles. The standard InChI is InChI=1S/C17H17BrClF/c1-12-4-2-3-5-14(12)8-13(11-19)9-15-10-16(18)6-7-17(15)20/h2-7,10,13H,8-9,11H2,1H3. The Balaban J connectivity index is 2.13. The Morgan fingerprint density at radius 1 is 1.10 bits per heavy atom. The minimum Gasteiger partial charge on any atom is -0.207 e. The Bertz CT molecular complexity index is 583. The van der Waals surface area contributed by atoms with Crippen LogP contribution in [0, 0.1) is 18.7 Å². The largest absolute Gasteiger partial charge is 0.207 e. The summed E-state index contributed by atoms with van der Waals surface area (Å²) in [4.78, 5) is 0. The number of hydrogen-bond acceptors (Lipinski definition) is 0. The van der Waals surface area contributed by atoms with Gasteiger partial charge in [-0.2, -0.15) is 0 Å². The van der Waals surface area contributed by atoms with Crippen molar-refractivity contribution in [3.63, 3.8) is 0 Å². The highest BCUT2D eigenvalue weighted by molar-refractivity contribution is 9.10. The highest BCUT2D eigenvalue weighted by atomic mass is 79.9. The van der Waals surface area contributed by atoms with E-state index in [1.807, 2.05) is 18.2 Å². The van der Waals surface area contributed by atoms with E-state index in [4.69, 9.17) is 11.6 Å². The van der Waals surface area contributed by atoms with Crippen molar-refractivity contribution in [3.05, 3.63) is 69.4 Å². The van der Waals surface area contributed by atoms with Gasteiger partial charge in [-0.05, 0) is 60.6 Å². The van der Waals surface area contributed by atoms with Gasteiger partial charge in [0, 0.05) is 10.4 Å². The first-order valence-corrected chi connectivity index (χ1v) is 7.97. The summed E-state index contributed by atoms with van der Waals surface area (Å²) in [5.74, 6) is 0.606. The van der Waals surface area contributed by atoms with Gasteiger partial charge in [0.2, 0.25) is 0 Å². The van der Waals surface area contributed by atoms with Crippen LogP contribution in [0.1, 0.15) is 16.7 Å². The van der Waals surface area contributed by atoms with Gasteiger partial charge in [-0.25, -0.2) is 4.39 Å². The second-order valence-corrected chi connectivity index (χ2v) is 6.32. The third-order valence-corrected chi connectivity index (χ3v) is 4.43. The zero-order chi connectivity index (χ0) is 14.5. The predicted molar refractivity (Wildman–Crippen MR) is 86.9 cm³/mol. The Kier molecular flexibility index (Phi) is 5.62. The molecular weight excluding hydrogens is 339 g/mol. The second-order valence-electron chi connectivity index (χ2n) is 5.09. The van der Waals surface area contributed by atoms with Crippen LogP contribution in [0.5, 0.6) is 0 Å². The molecule has 0 aliphatic carbocycles. The highest BCUT2D eigenvalue weighted by Crippen LogP contribution is 2.22. The average Bonchev–Trinajstić information content (AvgIpc) is 2.44. The lowest BCUT2D eigenvalue weighted by atomic mass is 9.92. The van der Waals surface area contributed by atoms with Gasteiger partial charge in [-0.15, -0.1) is 11.6 Å². The summed E-state index contributed by atoms with van der Waals surface area (Å²) >= 11 is 9.46. The summed E-state index contributed by atoms with van der Waals surface area (Å²) in [6.07, 6.45) is 1.53. The minimum absolute atomic E-state index is 0.159. The summed E-state index contributed by atoms with van der Waals surface area (Å²) in [5, 5.41) is 0. The first-order chi connectivity index (χ1) is 9.60. The number of hydrogen-bond donors (Lipinski definition) is 0. The molecule has 0 spiro atoms. The number of alkyl halides is 1. The van der Waals surface area contributed by atoms with Crippen LogP contribution in [0.2, 0.25) is 0 Å². The maximum Gasteiger partial charge on any atom is 0.126 e. The molecule has 0 fully saturated rings. The van der Waals surface area contributed by atoms with Gasteiger partial charge in [-0.1, -0.05) is 40.2 Å². The summed E-state index contributed by atoms with van der Waals surface area (Å²) in [7, 11) is 0. The molecule has 0 aliphatic heterocycles. The predicted octanol–water partition coefficient (Wildman–Crippen LogP) is 5.54. The highest BCUT2D eigenvalue weighted by Gasteiger charge is 2.14. The Labute approximate surface area is 133 Å². The van der Waals surface area contributed by atoms with Crippen LogP contribution in [0.4, 0.5) is 4.39 Å². The summed E-state index contributed by atoms with van der Waals surface area (Å²) < 4.78 is 14.7. The normalized spacial score (nSPS) is 12.4. The molecule has 1 unspecified atom stereocenters. The van der Waals surface area contributed by atoms with Crippen LogP contribution in [-0.2, 0) is 12.8 Å². The van der Waals surface area contributed by atoms with E-state index in [9.17, 15) is 4.39 Å². The summed E-state index contributed by atoms with van der Waals surface area (Å²) in [6, 6.07) is 13.3. The van der Waals surface area contributed by atoms with Crippen LogP contribution in [-0.4, -0.2) is 5.88 Å². The van der Waals surface area contributed by atoms with E-state index in [-0.39, 0.29) is 11.7 Å². The number of benzene rings is 2. The van der Waals surface area contributed by atoms with Crippen molar-refractivity contribution >= 4 is 27.5 Å². The van der Waals surface area contributed by atoms with Crippen LogP contribution in [0.25, 0.3) is 0 Å². The molecule has 1 atom stereocenters. The van der Waals surface area contributed by atoms with Crippen molar-refractivity contribution in [1.29, 1.82) is 0 Å². The molecule has 2 aromatic rings. The molecule has 0 saturated heterocycles. The van der Waals surface area contributed by atoms with Crippen molar-refractivity contribution in [1.82, 2.24) is 0 Å². The maximum atomic E-state index is 13.8. The smallest absolute Gasteiger partial charge is 0.126 e. The van der Waals surface area contributed by atoms with Crippen molar-refractivity contribution in [2.75, 3.05) is 5.88 Å². The van der Waals surface area contributed by atoms with Gasteiger partial charge >= 0.3 is 0 Å². The van der Waals surface area contributed by atoms with Gasteiger partial charge in [0.25, 0.3) is 0 Å². The Hall–Kier alpha value is -0.860. The molecule has 0 aromatic heterocycles. The monoisotopic (exact) mass is 354 g/mol. The first-order valence-electron chi connectivity index (χ1n) is 6.64. The number of halogens is 3. The topological polar surface area (TPSA) is 0 Å². The third-order valence-electron chi connectivity index (χ3n) is 3.50. The van der Waals surface area contributed by atoms with Gasteiger partial charge in [0.15, 0.2) is 0 Å². The van der Waals surface area contributed by atoms with Crippen molar-refractivity contribution in [3.8, 4) is 0 Å². The minimum atomic E-state index is -0.159. The van der Waals surface area contributed by atoms with Gasteiger partial charge in [0.05, 0.1) is 0 Å². The Morgan fingerprint density at radius 3 is 2.50 bits per heavy atom. The van der Waals surface area contributed by atoms with E-state index in [2.05, 4.69) is 35.0 Å². The fraction of sp³-hybridized carbons (Fsp3) is 0.294. The molecule has 0 radical (unpaired) electrons. The van der Waals surface area contributed by atoms with E-state index in [0.717, 1.165) is 16.5 Å². The van der Waals surface area contributed by atoms with E-state index >= 15 is 0 Å². The molecule has 106 valence electrons. The summed E-state index contributed by atoms with van der Waals surface area (Å²) in [5.41, 5.74) is 3.27. The van der Waals surface area contributed by atoms with E-state index < -0.39 is 0 Å². The van der Waals surface area contributed by atoms with Crippen LogP contribution in [0.3, 0.4) is 0 Å². The zero-order valence-electron chi connectivity index (χ0n) is 11.4. The molecule has 0 amide bonds. The van der Waals surface area contributed by atoms with Crippen LogP contribution in [0.15, 0.2) is 46.9 Å². The van der Waals surface area contributed by atoms with Gasteiger partial charge in [0.1, 0.15) is 5.82 Å². The zero-order valence-corrected chi connectivity index (χ0v) is 13.7. The van der Waals surface area contributed by atoms with Crippen molar-refractivity contribution in [2.24, 2.45) is 5.92 Å². The molecule has 0 saturated carbocycles. The first kappa shape index (κ1) is 15.5. The van der Waals surface area contributed by atoms with Gasteiger partial charge < -0.3 is 0 Å². The molecule has 3 heteroatoms. The van der Waals surface area contributed by atoms with Crippen molar-refractivity contribution < 1.29 is 4.39 Å². The molecule has 0 bridgehead atoms. The maximum absolute atomic E-state index is 13.8. The lowest BCUT2D eigenvalue weighted by Gasteiger charge is -2.16. The van der Waals surface area contributed by atoms with E-state index in [1.54, 1.807) is 6.07 Å². The molecule has 0 heterocycles. The molecule has 0 N–H and O–H groups in total. The molecular formula is C17H17BrClF. The van der Waals surface area contributed by atoms with Crippen LogP contribution < -0.4 is 0 Å². The average molecular weight is 356 g/mol. The summed E-state index contributed by atoms with van der Waals surface area (Å²) in [6.45, 7) is 2.10. The second kappa shape index (κ2) is 7.24. The quantitative estimate of drug-likeness (QED) is 0.618. The Morgan fingerprint density at radius 2 is 1.80 bits per heavy atom. The lowest BCUT2D eigenvalue weighted by molar-refractivity contribution is 0.545. The lowest BCUT2D eigenvalue weighted by Crippen LogP contribution is -2.12. The van der Waals surface area contributed by atoms with Gasteiger partial charge in [-0.3, -0.25) is 0 Å². The third kappa shape index (κ3) is 4.07. The molecule has 0 nitrogen and oxygen atoms in total. The molecule has 2 rings (SSSR count). The SMILES string of the molecule is Cc1ccccc1CC(CCl)Cc1cc(Br)ccc1F. The van der Waals surface area contributed by atoms with E-state index in [1.165, 1.54) is 17.2 Å². The molecule has 20 heavy (non-hydrogen) atoms. The van der Waals surface area contributed by atoms with Crippen LogP contribution >= 0.6 is 27.5 Å². The number of rotatable bonds is 5. The fourth-order valence-corrected chi connectivity index (χ4v) is 2.97. The molecule has 0 aliphatic rings. The van der Waals surface area contributed by atoms with E-state index in [0.29, 0.717) is 12.3 Å². The number of aryl methyl sites for hydroxylation is 1. The fourth-order valence-electron chi connectivity index (χ4n) is 2.34.